The van der Waals surface area contributed by atoms with Crippen LogP contribution < -0.4 is 21.3 Å². The number of hydrogen-bond donors (Lipinski definition) is 4. The van der Waals surface area contributed by atoms with Gasteiger partial charge in [0.05, 0.1) is 0 Å². The largest absolute Gasteiger partial charge is 0.338 e. The fraction of sp³-hybridized carbons (Fsp3) is 0.641. The van der Waals surface area contributed by atoms with Crippen molar-refractivity contribution in [1.82, 2.24) is 20.4 Å². The van der Waals surface area contributed by atoms with Crippen LogP contribution in [0.15, 0.2) is 48.5 Å². The van der Waals surface area contributed by atoms with Gasteiger partial charge in [0.25, 0.3) is 0 Å². The van der Waals surface area contributed by atoms with Crippen molar-refractivity contribution in [3.05, 3.63) is 59.7 Å². The van der Waals surface area contributed by atoms with Gasteiger partial charge in [-0.15, -0.1) is 0 Å². The Labute approximate surface area is 286 Å². The minimum absolute atomic E-state index is 0.157. The normalized spacial score (nSPS) is 11.2. The summed E-state index contributed by atoms with van der Waals surface area (Å²) in [6.07, 6.45) is 14.9. The van der Waals surface area contributed by atoms with Gasteiger partial charge in [-0.05, 0) is 132 Å². The Kier molecular flexibility index (Phi) is 22.1. The lowest BCUT2D eigenvalue weighted by Crippen LogP contribution is -2.31. The molecule has 264 valence electrons. The van der Waals surface area contributed by atoms with Crippen LogP contribution in [-0.2, 0) is 6.42 Å². The molecule has 8 heteroatoms. The molecular weight excluding hydrogens is 584 g/mol. The van der Waals surface area contributed by atoms with Crippen molar-refractivity contribution >= 4 is 23.4 Å². The zero-order chi connectivity index (χ0) is 34.0. The van der Waals surface area contributed by atoms with Crippen molar-refractivity contribution in [2.24, 2.45) is 0 Å². The maximum Gasteiger partial charge on any atom is 0.319 e. The van der Waals surface area contributed by atoms with E-state index in [-0.39, 0.29) is 12.1 Å². The Balaban J connectivity index is 1.63. The number of carbonyl (C=O) groups is 2. The average Bonchev–Trinajstić information content (AvgIpc) is 3.08. The highest BCUT2D eigenvalue weighted by atomic mass is 16.2. The second kappa shape index (κ2) is 25.9. The first-order chi connectivity index (χ1) is 23.0. The molecule has 8 nitrogen and oxygen atoms in total. The first-order valence-corrected chi connectivity index (χ1v) is 18.7. The summed E-state index contributed by atoms with van der Waals surface area (Å²) in [5, 5.41) is 11.9. The summed E-state index contributed by atoms with van der Waals surface area (Å²) in [6.45, 7) is 17.3. The van der Waals surface area contributed by atoms with Crippen LogP contribution in [0.1, 0.15) is 116 Å². The minimum Gasteiger partial charge on any atom is -0.338 e. The van der Waals surface area contributed by atoms with E-state index < -0.39 is 0 Å². The molecule has 0 fully saturated rings. The molecule has 4 N–H and O–H groups in total. The van der Waals surface area contributed by atoms with Crippen LogP contribution in [0.4, 0.5) is 21.0 Å². The zero-order valence-corrected chi connectivity index (χ0v) is 30.2. The third-order valence-electron chi connectivity index (χ3n) is 8.52. The predicted molar refractivity (Wildman–Crippen MR) is 201 cm³/mol. The number of urea groups is 2. The molecular formula is C39H66N6O2. The number of benzene rings is 2. The maximum absolute atomic E-state index is 12.4. The van der Waals surface area contributed by atoms with Crippen LogP contribution in [-0.4, -0.2) is 74.2 Å². The molecule has 2 aromatic rings. The van der Waals surface area contributed by atoms with Gasteiger partial charge in [0.1, 0.15) is 0 Å². The van der Waals surface area contributed by atoms with Gasteiger partial charge in [-0.1, -0.05) is 77.6 Å². The van der Waals surface area contributed by atoms with Crippen LogP contribution in [0.2, 0.25) is 0 Å². The lowest BCUT2D eigenvalue weighted by molar-refractivity contribution is 0.248. The van der Waals surface area contributed by atoms with E-state index in [4.69, 9.17) is 0 Å². The van der Waals surface area contributed by atoms with Crippen molar-refractivity contribution in [3.8, 4) is 0 Å². The molecule has 0 aliphatic rings. The number of rotatable bonds is 26. The van der Waals surface area contributed by atoms with Crippen LogP contribution >= 0.6 is 0 Å². The molecule has 0 saturated heterocycles. The summed E-state index contributed by atoms with van der Waals surface area (Å²) in [4.78, 5) is 29.9. The van der Waals surface area contributed by atoms with E-state index in [1.54, 1.807) is 0 Å². The number of carbonyl (C=O) groups excluding carboxylic acids is 2. The highest BCUT2D eigenvalue weighted by Gasteiger charge is 2.07. The molecule has 4 amide bonds. The Morgan fingerprint density at radius 3 is 1.11 bits per heavy atom. The summed E-state index contributed by atoms with van der Waals surface area (Å²) in [7, 11) is 0. The SMILES string of the molecule is CCCCN(CCCC)CCCCNC(=O)Nc1ccc(Cc2ccc(NC(=O)NCCCCN(CCCC)CCCC)cc2)cc1. The van der Waals surface area contributed by atoms with Crippen molar-refractivity contribution in [2.45, 2.75) is 111 Å². The van der Waals surface area contributed by atoms with Crippen LogP contribution in [0.5, 0.6) is 0 Å². The number of unbranched alkanes of at least 4 members (excludes halogenated alkanes) is 6. The number of nitrogens with zero attached hydrogens (tertiary/aromatic N) is 2. The van der Waals surface area contributed by atoms with Gasteiger partial charge in [-0.2, -0.15) is 0 Å². The number of amides is 4. The van der Waals surface area contributed by atoms with Crippen LogP contribution in [0, 0.1) is 0 Å². The van der Waals surface area contributed by atoms with E-state index in [0.717, 1.165) is 67.7 Å². The van der Waals surface area contributed by atoms with Gasteiger partial charge in [0.2, 0.25) is 0 Å². The standard InChI is InChI=1S/C39H66N6O2/c1-5-9-27-44(28-10-6-2)31-15-13-25-40-38(46)42-36-21-17-34(18-22-36)33-35-19-23-37(24-20-35)43-39(47)41-26-14-16-32-45(29-11-7-3)30-12-8-4/h17-24H,5-16,25-33H2,1-4H3,(H2,40,42,46)(H2,41,43,47). The van der Waals surface area contributed by atoms with E-state index >= 15 is 0 Å². The lowest BCUT2D eigenvalue weighted by Gasteiger charge is -2.21. The van der Waals surface area contributed by atoms with Gasteiger partial charge >= 0.3 is 12.1 Å². The minimum atomic E-state index is -0.157. The third-order valence-corrected chi connectivity index (χ3v) is 8.52. The van der Waals surface area contributed by atoms with Crippen molar-refractivity contribution in [1.29, 1.82) is 0 Å². The summed E-state index contributed by atoms with van der Waals surface area (Å²) in [6, 6.07) is 15.7. The first kappa shape index (κ1) is 40.1. The van der Waals surface area contributed by atoms with E-state index in [1.165, 1.54) is 77.5 Å². The van der Waals surface area contributed by atoms with Crippen LogP contribution in [0.3, 0.4) is 0 Å². The number of anilines is 2. The molecule has 0 saturated carbocycles. The highest BCUT2D eigenvalue weighted by Crippen LogP contribution is 2.16. The van der Waals surface area contributed by atoms with Gasteiger partial charge < -0.3 is 31.1 Å². The molecule has 0 unspecified atom stereocenters. The molecule has 0 spiro atoms. The molecule has 0 aromatic heterocycles. The Hall–Kier alpha value is -3.10. The van der Waals surface area contributed by atoms with E-state index in [1.807, 2.05) is 48.5 Å². The highest BCUT2D eigenvalue weighted by molar-refractivity contribution is 5.89. The second-order valence-corrected chi connectivity index (χ2v) is 12.8. The molecule has 0 heterocycles. The molecule has 0 aliphatic carbocycles. The predicted octanol–water partition coefficient (Wildman–Crippen LogP) is 8.89. The summed E-state index contributed by atoms with van der Waals surface area (Å²) >= 11 is 0. The average molecular weight is 651 g/mol. The Morgan fingerprint density at radius 1 is 0.468 bits per heavy atom. The zero-order valence-electron chi connectivity index (χ0n) is 30.2. The second-order valence-electron chi connectivity index (χ2n) is 12.8. The Morgan fingerprint density at radius 2 is 0.787 bits per heavy atom. The fourth-order valence-electron chi connectivity index (χ4n) is 5.52. The molecule has 0 radical (unpaired) electrons. The summed E-state index contributed by atoms with van der Waals surface area (Å²) in [5.41, 5.74) is 3.89. The van der Waals surface area contributed by atoms with E-state index in [2.05, 4.69) is 58.8 Å². The third kappa shape index (κ3) is 19.3. The maximum atomic E-state index is 12.4. The molecule has 47 heavy (non-hydrogen) atoms. The molecule has 0 atom stereocenters. The molecule has 2 rings (SSSR count). The molecule has 0 aliphatic heterocycles. The van der Waals surface area contributed by atoms with Crippen molar-refractivity contribution in [2.75, 3.05) is 63.0 Å². The van der Waals surface area contributed by atoms with Gasteiger partial charge in [-0.25, -0.2) is 9.59 Å². The van der Waals surface area contributed by atoms with Gasteiger partial charge in [-0.3, -0.25) is 0 Å². The summed E-state index contributed by atoms with van der Waals surface area (Å²) in [5.74, 6) is 0. The van der Waals surface area contributed by atoms with Gasteiger partial charge in [0, 0.05) is 24.5 Å². The van der Waals surface area contributed by atoms with E-state index in [0.29, 0.717) is 13.1 Å². The number of hydrogen-bond acceptors (Lipinski definition) is 4. The van der Waals surface area contributed by atoms with Crippen molar-refractivity contribution in [3.63, 3.8) is 0 Å². The summed E-state index contributed by atoms with van der Waals surface area (Å²) < 4.78 is 0. The topological polar surface area (TPSA) is 88.7 Å². The van der Waals surface area contributed by atoms with E-state index in [9.17, 15) is 9.59 Å². The smallest absolute Gasteiger partial charge is 0.319 e. The Bertz CT molecular complexity index is 974. The van der Waals surface area contributed by atoms with Gasteiger partial charge in [0.15, 0.2) is 0 Å². The first-order valence-electron chi connectivity index (χ1n) is 18.7. The lowest BCUT2D eigenvalue weighted by atomic mass is 10.0. The fourth-order valence-corrected chi connectivity index (χ4v) is 5.52. The molecule has 2 aromatic carbocycles. The van der Waals surface area contributed by atoms with Crippen molar-refractivity contribution < 1.29 is 9.59 Å². The monoisotopic (exact) mass is 651 g/mol. The number of nitrogens with one attached hydrogen (secondary N) is 4. The quantitative estimate of drug-likeness (QED) is 0.0766. The van der Waals surface area contributed by atoms with Crippen LogP contribution in [0.25, 0.3) is 0 Å². The molecule has 0 bridgehead atoms.